The Morgan fingerprint density at radius 1 is 1.50 bits per heavy atom. The minimum absolute atomic E-state index is 0.00632. The molecular weight excluding hydrogens is 320 g/mol. The molecule has 3 N–H and O–H groups in total. The van der Waals surface area contributed by atoms with Crippen LogP contribution in [0.3, 0.4) is 0 Å². The maximum atomic E-state index is 12.6. The van der Waals surface area contributed by atoms with E-state index in [1.54, 1.807) is 19.9 Å². The Morgan fingerprint density at radius 2 is 2.10 bits per heavy atom. The molecule has 0 bridgehead atoms. The molecule has 1 aromatic carbocycles. The highest BCUT2D eigenvalue weighted by atomic mass is 35.5. The Morgan fingerprint density at radius 3 is 2.55 bits per heavy atom. The second-order valence-corrected chi connectivity index (χ2v) is 7.15. The van der Waals surface area contributed by atoms with Crippen LogP contribution in [-0.4, -0.2) is 42.0 Å². The Balaban J connectivity index is 3.40. The average molecular weight is 337 g/mol. The fourth-order valence-electron chi connectivity index (χ4n) is 1.74. The maximum Gasteiger partial charge on any atom is 0.244 e. The first-order chi connectivity index (χ1) is 9.21. The minimum atomic E-state index is -3.82. The first kappa shape index (κ1) is 17.3. The van der Waals surface area contributed by atoms with Gasteiger partial charge < -0.3 is 10.8 Å². The number of aliphatic hydroxyl groups excluding tert-OH is 1. The molecule has 0 aromatic heterocycles. The lowest BCUT2D eigenvalue weighted by Crippen LogP contribution is -2.39. The van der Waals surface area contributed by atoms with Crippen molar-refractivity contribution in [3.05, 3.63) is 28.8 Å². The molecule has 0 fully saturated rings. The molecule has 112 valence electrons. The number of rotatable bonds is 6. The van der Waals surface area contributed by atoms with Crippen LogP contribution in [0, 0.1) is 0 Å². The fraction of sp³-hybridized carbons (Fsp3) is 0.417. The molecule has 1 aromatic rings. The third-order valence-corrected chi connectivity index (χ3v) is 5.49. The van der Waals surface area contributed by atoms with Gasteiger partial charge in [0.25, 0.3) is 0 Å². The zero-order chi connectivity index (χ0) is 15.5. The van der Waals surface area contributed by atoms with E-state index >= 15 is 0 Å². The summed E-state index contributed by atoms with van der Waals surface area (Å²) >= 11 is 10.8. The smallest absolute Gasteiger partial charge is 0.244 e. The second kappa shape index (κ2) is 6.82. The Bertz CT molecular complexity index is 603. The monoisotopic (exact) mass is 336 g/mol. The van der Waals surface area contributed by atoms with Crippen molar-refractivity contribution in [1.29, 1.82) is 0 Å². The number of nitrogens with zero attached hydrogens (tertiary/aromatic N) is 1. The highest BCUT2D eigenvalue weighted by Gasteiger charge is 2.28. The molecule has 0 aliphatic heterocycles. The number of benzene rings is 1. The molecule has 5 nitrogen and oxygen atoms in total. The third-order valence-electron chi connectivity index (χ3n) is 2.70. The molecule has 0 unspecified atom stereocenters. The summed E-state index contributed by atoms with van der Waals surface area (Å²) in [5.41, 5.74) is 5.94. The van der Waals surface area contributed by atoms with Crippen LogP contribution in [-0.2, 0) is 10.0 Å². The first-order valence-corrected chi connectivity index (χ1v) is 8.16. The van der Waals surface area contributed by atoms with Gasteiger partial charge in [-0.15, -0.1) is 0 Å². The van der Waals surface area contributed by atoms with Crippen LogP contribution in [0.25, 0.3) is 0 Å². The Hall–Kier alpha value is -0.730. The van der Waals surface area contributed by atoms with Crippen LogP contribution in [0.15, 0.2) is 23.1 Å². The van der Waals surface area contributed by atoms with Crippen molar-refractivity contribution in [3.63, 3.8) is 0 Å². The lowest BCUT2D eigenvalue weighted by atomic mass is 10.2. The van der Waals surface area contributed by atoms with E-state index in [2.05, 4.69) is 0 Å². The number of nitrogens with two attached hydrogens (primary N) is 1. The van der Waals surface area contributed by atoms with E-state index in [1.165, 1.54) is 16.4 Å². The van der Waals surface area contributed by atoms with Gasteiger partial charge in [-0.25, -0.2) is 8.42 Å². The van der Waals surface area contributed by atoms with E-state index in [0.29, 0.717) is 5.56 Å². The van der Waals surface area contributed by atoms with Crippen molar-refractivity contribution in [2.75, 3.05) is 13.2 Å². The largest absolute Gasteiger partial charge is 0.395 e. The lowest BCUT2D eigenvalue weighted by molar-refractivity contribution is 0.236. The normalized spacial score (nSPS) is 12.1. The summed E-state index contributed by atoms with van der Waals surface area (Å²) in [6.45, 7) is 3.16. The Kier molecular flexibility index (Phi) is 5.91. The van der Waals surface area contributed by atoms with Gasteiger partial charge in [-0.2, -0.15) is 4.31 Å². The fourth-order valence-corrected chi connectivity index (χ4v) is 3.99. The molecule has 0 atom stereocenters. The van der Waals surface area contributed by atoms with Crippen LogP contribution in [0.1, 0.15) is 19.4 Å². The van der Waals surface area contributed by atoms with E-state index in [-0.39, 0.29) is 34.1 Å². The van der Waals surface area contributed by atoms with Crippen LogP contribution in [0.5, 0.6) is 0 Å². The van der Waals surface area contributed by atoms with Crippen molar-refractivity contribution < 1.29 is 13.5 Å². The molecule has 0 amide bonds. The lowest BCUT2D eigenvalue weighted by Gasteiger charge is -2.25. The highest BCUT2D eigenvalue weighted by molar-refractivity contribution is 7.89. The number of hydrogen-bond acceptors (Lipinski definition) is 4. The van der Waals surface area contributed by atoms with Crippen molar-refractivity contribution in [3.8, 4) is 0 Å². The maximum absolute atomic E-state index is 12.6. The van der Waals surface area contributed by atoms with Crippen molar-refractivity contribution >= 4 is 38.8 Å². The summed E-state index contributed by atoms with van der Waals surface area (Å²) in [4.78, 5) is 0.0305. The van der Waals surface area contributed by atoms with Crippen LogP contribution in [0.4, 0.5) is 0 Å². The van der Waals surface area contributed by atoms with Crippen LogP contribution in [0.2, 0.25) is 5.02 Å². The summed E-state index contributed by atoms with van der Waals surface area (Å²) in [5, 5.41) is 9.12. The van der Waals surface area contributed by atoms with E-state index in [0.717, 1.165) is 0 Å². The number of thiocarbonyl (C=S) groups is 1. The number of hydrogen-bond donors (Lipinski definition) is 2. The molecule has 0 aliphatic rings. The predicted octanol–water partition coefficient (Wildman–Crippen LogP) is 1.37. The standard InChI is InChI=1S/C12H17ClN2O3S2/c1-8(2)15(5-6-16)20(17,18)11-7-9(12(14)19)3-4-10(11)13/h3-4,7-8,16H,5-6H2,1-2H3,(H2,14,19). The molecule has 8 heteroatoms. The summed E-state index contributed by atoms with van der Waals surface area (Å²) < 4.78 is 26.4. The molecule has 1 rings (SSSR count). The first-order valence-electron chi connectivity index (χ1n) is 5.94. The summed E-state index contributed by atoms with van der Waals surface area (Å²) in [6.07, 6.45) is 0. The van der Waals surface area contributed by atoms with Gasteiger partial charge in [-0.05, 0) is 26.0 Å². The van der Waals surface area contributed by atoms with Gasteiger partial charge in [0.15, 0.2) is 0 Å². The van der Waals surface area contributed by atoms with E-state index in [9.17, 15) is 8.42 Å². The van der Waals surface area contributed by atoms with Gasteiger partial charge in [0, 0.05) is 18.2 Å². The van der Waals surface area contributed by atoms with Gasteiger partial charge in [-0.1, -0.05) is 29.9 Å². The van der Waals surface area contributed by atoms with Crippen LogP contribution < -0.4 is 5.73 Å². The minimum Gasteiger partial charge on any atom is -0.395 e. The van der Waals surface area contributed by atoms with Crippen molar-refractivity contribution in [1.82, 2.24) is 4.31 Å². The summed E-state index contributed by atoms with van der Waals surface area (Å²) in [7, 11) is -3.82. The van der Waals surface area contributed by atoms with Crippen molar-refractivity contribution in [2.45, 2.75) is 24.8 Å². The zero-order valence-electron chi connectivity index (χ0n) is 11.2. The van der Waals surface area contributed by atoms with Crippen molar-refractivity contribution in [2.24, 2.45) is 5.73 Å². The highest BCUT2D eigenvalue weighted by Crippen LogP contribution is 2.27. The molecule has 20 heavy (non-hydrogen) atoms. The van der Waals surface area contributed by atoms with Gasteiger partial charge in [0.2, 0.25) is 10.0 Å². The molecule has 0 saturated carbocycles. The quantitative estimate of drug-likeness (QED) is 0.766. The van der Waals surface area contributed by atoms with Gasteiger partial charge >= 0.3 is 0 Å². The number of sulfonamides is 1. The topological polar surface area (TPSA) is 83.6 Å². The SMILES string of the molecule is CC(C)N(CCO)S(=O)(=O)c1cc(C(N)=S)ccc1Cl. The van der Waals surface area contributed by atoms with E-state index in [1.807, 2.05) is 0 Å². The number of aliphatic hydroxyl groups is 1. The molecular formula is C12H17ClN2O3S2. The van der Waals surface area contributed by atoms with Crippen LogP contribution >= 0.6 is 23.8 Å². The third kappa shape index (κ3) is 3.67. The van der Waals surface area contributed by atoms with Gasteiger partial charge in [0.1, 0.15) is 9.88 Å². The molecule has 0 radical (unpaired) electrons. The summed E-state index contributed by atoms with van der Waals surface area (Å²) in [6, 6.07) is 4.06. The van der Waals surface area contributed by atoms with E-state index in [4.69, 9.17) is 34.7 Å². The Labute approximate surface area is 129 Å². The zero-order valence-corrected chi connectivity index (χ0v) is 13.6. The second-order valence-electron chi connectivity index (χ2n) is 4.44. The van der Waals surface area contributed by atoms with Gasteiger partial charge in [-0.3, -0.25) is 0 Å². The van der Waals surface area contributed by atoms with E-state index < -0.39 is 10.0 Å². The number of halogens is 1. The average Bonchev–Trinajstić information content (AvgIpc) is 2.35. The van der Waals surface area contributed by atoms with Gasteiger partial charge in [0.05, 0.1) is 11.6 Å². The predicted molar refractivity (Wildman–Crippen MR) is 83.5 cm³/mol. The molecule has 0 saturated heterocycles. The molecule has 0 spiro atoms. The molecule has 0 heterocycles. The molecule has 0 aliphatic carbocycles. The summed E-state index contributed by atoms with van der Waals surface area (Å²) in [5.74, 6) is 0.